The van der Waals surface area contributed by atoms with Gasteiger partial charge in [0.2, 0.25) is 6.41 Å². The highest BCUT2D eigenvalue weighted by Gasteiger charge is 2.17. The Morgan fingerprint density at radius 3 is 2.56 bits per heavy atom. The van der Waals surface area contributed by atoms with Crippen LogP contribution in [0.25, 0.3) is 33.1 Å². The van der Waals surface area contributed by atoms with Crippen LogP contribution in [0.5, 0.6) is 0 Å². The first-order valence-electron chi connectivity index (χ1n) is 12.4. The van der Waals surface area contributed by atoms with Gasteiger partial charge in [0.25, 0.3) is 0 Å². The standard InChI is InChI=1S/C22H22N2O2S.C6H12N2O/c1-5-27(25,26)17-8-6-7-16(11-17)18-10-14(3)15(4)21-20(18)19-9-13(2)12-23-22(19)24-21;9-5-8-6-1-3-7-4-2-6/h6-12H,5H2,1-4H3,(H,23,24);5-7H,1-4H2,(H,8,9). The Morgan fingerprint density at radius 1 is 1.11 bits per heavy atom. The third-order valence-electron chi connectivity index (χ3n) is 6.91. The summed E-state index contributed by atoms with van der Waals surface area (Å²) in [5, 5.41) is 8.14. The second-order valence-corrected chi connectivity index (χ2v) is 11.7. The van der Waals surface area contributed by atoms with E-state index in [1.165, 1.54) is 5.56 Å². The molecule has 36 heavy (non-hydrogen) atoms. The molecule has 0 unspecified atom stereocenters. The molecule has 3 N–H and O–H groups in total. The molecule has 0 saturated carbocycles. The highest BCUT2D eigenvalue weighted by Crippen LogP contribution is 2.38. The molecule has 0 bridgehead atoms. The Bertz CT molecular complexity index is 1500. The van der Waals surface area contributed by atoms with Crippen LogP contribution in [0.3, 0.4) is 0 Å². The maximum absolute atomic E-state index is 12.4. The van der Waals surface area contributed by atoms with Gasteiger partial charge >= 0.3 is 0 Å². The highest BCUT2D eigenvalue weighted by atomic mass is 32.2. The molecule has 1 fully saturated rings. The number of H-pyrrole nitrogens is 1. The van der Waals surface area contributed by atoms with Crippen LogP contribution in [0.15, 0.2) is 47.5 Å². The third-order valence-corrected chi connectivity index (χ3v) is 8.64. The van der Waals surface area contributed by atoms with Gasteiger partial charge in [-0.25, -0.2) is 13.4 Å². The number of nitrogens with one attached hydrogen (secondary N) is 3. The van der Waals surface area contributed by atoms with Crippen molar-refractivity contribution in [3.63, 3.8) is 0 Å². The normalized spacial score (nSPS) is 14.4. The monoisotopic (exact) mass is 506 g/mol. The van der Waals surface area contributed by atoms with Gasteiger partial charge in [-0.3, -0.25) is 4.79 Å². The van der Waals surface area contributed by atoms with Crippen molar-refractivity contribution >= 4 is 38.2 Å². The zero-order valence-corrected chi connectivity index (χ0v) is 22.1. The lowest BCUT2D eigenvalue weighted by Gasteiger charge is -2.21. The van der Waals surface area contributed by atoms with Gasteiger partial charge in [0.05, 0.1) is 16.2 Å². The number of fused-ring (bicyclic) bond motifs is 3. The Hall–Kier alpha value is -3.23. The van der Waals surface area contributed by atoms with Gasteiger partial charge in [0.15, 0.2) is 9.84 Å². The van der Waals surface area contributed by atoms with E-state index < -0.39 is 9.84 Å². The fraction of sp³-hybridized carbons (Fsp3) is 0.357. The molecule has 1 aliphatic heterocycles. The van der Waals surface area contributed by atoms with E-state index >= 15 is 0 Å². The summed E-state index contributed by atoms with van der Waals surface area (Å²) >= 11 is 0. The summed E-state index contributed by atoms with van der Waals surface area (Å²) < 4.78 is 24.7. The topological polar surface area (TPSA) is 104 Å². The van der Waals surface area contributed by atoms with Gasteiger partial charge in [-0.2, -0.15) is 0 Å². The van der Waals surface area contributed by atoms with Crippen LogP contribution in [0, 0.1) is 20.8 Å². The van der Waals surface area contributed by atoms with Crippen LogP contribution in [-0.4, -0.2) is 49.7 Å². The van der Waals surface area contributed by atoms with Crippen molar-refractivity contribution in [1.29, 1.82) is 0 Å². The molecule has 2 aromatic heterocycles. The average Bonchev–Trinajstić information content (AvgIpc) is 3.26. The van der Waals surface area contributed by atoms with Crippen molar-refractivity contribution in [2.24, 2.45) is 0 Å². The number of piperidine rings is 1. The molecule has 4 aromatic rings. The van der Waals surface area contributed by atoms with Crippen LogP contribution in [-0.2, 0) is 14.6 Å². The largest absolute Gasteiger partial charge is 0.356 e. The molecule has 0 spiro atoms. The summed E-state index contributed by atoms with van der Waals surface area (Å²) in [6, 6.07) is 11.9. The second-order valence-electron chi connectivity index (χ2n) is 9.39. The van der Waals surface area contributed by atoms with Crippen molar-refractivity contribution in [3.05, 3.63) is 59.3 Å². The Morgan fingerprint density at radius 2 is 1.86 bits per heavy atom. The number of sulfone groups is 1. The molecule has 190 valence electrons. The fourth-order valence-electron chi connectivity index (χ4n) is 4.67. The summed E-state index contributed by atoms with van der Waals surface area (Å²) in [6.07, 6.45) is 4.78. The number of amides is 1. The van der Waals surface area contributed by atoms with E-state index in [-0.39, 0.29) is 5.75 Å². The van der Waals surface area contributed by atoms with Gasteiger partial charge in [0, 0.05) is 23.0 Å². The van der Waals surface area contributed by atoms with Crippen LogP contribution in [0.4, 0.5) is 0 Å². The van der Waals surface area contributed by atoms with Crippen molar-refractivity contribution < 1.29 is 13.2 Å². The fourth-order valence-corrected chi connectivity index (χ4v) is 5.59. The number of aromatic nitrogens is 2. The van der Waals surface area contributed by atoms with E-state index in [0.29, 0.717) is 10.9 Å². The number of carbonyl (C=O) groups is 1. The first-order valence-corrected chi connectivity index (χ1v) is 14.0. The summed E-state index contributed by atoms with van der Waals surface area (Å²) in [7, 11) is -3.26. The quantitative estimate of drug-likeness (QED) is 0.344. The van der Waals surface area contributed by atoms with E-state index in [9.17, 15) is 13.2 Å². The zero-order chi connectivity index (χ0) is 25.9. The molecule has 1 amide bonds. The van der Waals surface area contributed by atoms with Crippen molar-refractivity contribution in [2.75, 3.05) is 18.8 Å². The number of carbonyl (C=O) groups excluding carboxylic acids is 1. The molecule has 3 heterocycles. The van der Waals surface area contributed by atoms with E-state index in [4.69, 9.17) is 0 Å². The zero-order valence-electron chi connectivity index (χ0n) is 21.3. The van der Waals surface area contributed by atoms with Gasteiger partial charge in [0.1, 0.15) is 5.65 Å². The lowest BCUT2D eigenvalue weighted by molar-refractivity contribution is -0.110. The van der Waals surface area contributed by atoms with E-state index in [1.54, 1.807) is 19.1 Å². The van der Waals surface area contributed by atoms with Crippen molar-refractivity contribution in [2.45, 2.75) is 51.5 Å². The molecule has 0 aliphatic carbocycles. The van der Waals surface area contributed by atoms with Crippen LogP contribution in [0.2, 0.25) is 0 Å². The Kier molecular flexibility index (Phi) is 7.76. The van der Waals surface area contributed by atoms with Crippen LogP contribution < -0.4 is 10.6 Å². The average molecular weight is 507 g/mol. The summed E-state index contributed by atoms with van der Waals surface area (Å²) in [6.45, 7) is 9.94. The number of aromatic amines is 1. The summed E-state index contributed by atoms with van der Waals surface area (Å²) in [5.74, 6) is 0.0923. The van der Waals surface area contributed by atoms with Gasteiger partial charge in [-0.15, -0.1) is 0 Å². The number of hydrogen-bond donors (Lipinski definition) is 3. The first kappa shape index (κ1) is 25.9. The highest BCUT2D eigenvalue weighted by molar-refractivity contribution is 7.91. The van der Waals surface area contributed by atoms with Crippen LogP contribution in [0.1, 0.15) is 36.5 Å². The third kappa shape index (κ3) is 5.29. The SMILES string of the molecule is CCS(=O)(=O)c1cccc(-c2cc(C)c(C)c3[nH]c4ncc(C)cc4c23)c1.O=CNC1CCNCC1. The molecule has 7 nitrogen and oxygen atoms in total. The second kappa shape index (κ2) is 10.8. The first-order chi connectivity index (χ1) is 17.2. The van der Waals surface area contributed by atoms with Gasteiger partial charge in [-0.05, 0) is 92.7 Å². The van der Waals surface area contributed by atoms with E-state index in [2.05, 4.69) is 46.6 Å². The molecular weight excluding hydrogens is 472 g/mol. The molecule has 8 heteroatoms. The van der Waals surface area contributed by atoms with Crippen molar-refractivity contribution in [1.82, 2.24) is 20.6 Å². The molecule has 5 rings (SSSR count). The van der Waals surface area contributed by atoms with Crippen LogP contribution >= 0.6 is 0 Å². The molecule has 0 atom stereocenters. The minimum atomic E-state index is -3.26. The number of hydrogen-bond acceptors (Lipinski definition) is 5. The molecule has 2 aromatic carbocycles. The molecular formula is C28H34N4O3S. The maximum Gasteiger partial charge on any atom is 0.207 e. The minimum absolute atomic E-state index is 0.0923. The molecule has 1 aliphatic rings. The van der Waals surface area contributed by atoms with E-state index in [1.807, 2.05) is 25.3 Å². The Labute approximate surface area is 212 Å². The van der Waals surface area contributed by atoms with Gasteiger partial charge in [-0.1, -0.05) is 25.1 Å². The Balaban J connectivity index is 0.000000286. The lowest BCUT2D eigenvalue weighted by atomic mass is 9.94. The number of benzene rings is 2. The van der Waals surface area contributed by atoms with Gasteiger partial charge < -0.3 is 15.6 Å². The molecule has 1 saturated heterocycles. The summed E-state index contributed by atoms with van der Waals surface area (Å²) in [4.78, 5) is 18.3. The number of pyridine rings is 1. The number of aryl methyl sites for hydroxylation is 3. The van der Waals surface area contributed by atoms with Crippen molar-refractivity contribution in [3.8, 4) is 11.1 Å². The minimum Gasteiger partial charge on any atom is -0.356 e. The predicted octanol–water partition coefficient (Wildman–Crippen LogP) is 4.59. The number of nitrogens with zero attached hydrogens (tertiary/aromatic N) is 1. The molecule has 0 radical (unpaired) electrons. The smallest absolute Gasteiger partial charge is 0.207 e. The predicted molar refractivity (Wildman–Crippen MR) is 146 cm³/mol. The van der Waals surface area contributed by atoms with E-state index in [0.717, 1.165) is 76.5 Å². The maximum atomic E-state index is 12.4. The lowest BCUT2D eigenvalue weighted by Crippen LogP contribution is -2.39. The summed E-state index contributed by atoms with van der Waals surface area (Å²) in [5.41, 5.74) is 7.27. The number of rotatable bonds is 5.